The first kappa shape index (κ1) is 12.0. The van der Waals surface area contributed by atoms with Crippen LogP contribution in [0, 0.1) is 5.41 Å². The lowest BCUT2D eigenvalue weighted by atomic mass is 10.1. The molecule has 0 spiro atoms. The molecule has 1 fully saturated rings. The van der Waals surface area contributed by atoms with E-state index in [1.165, 1.54) is 0 Å². The summed E-state index contributed by atoms with van der Waals surface area (Å²) >= 11 is 0. The largest absolute Gasteiger partial charge is 0.358 e. The van der Waals surface area contributed by atoms with E-state index in [-0.39, 0.29) is 11.8 Å². The van der Waals surface area contributed by atoms with Gasteiger partial charge in [0, 0.05) is 20.1 Å². The first-order valence-corrected chi connectivity index (χ1v) is 5.38. The summed E-state index contributed by atoms with van der Waals surface area (Å²) < 4.78 is 0. The zero-order chi connectivity index (χ0) is 11.3. The van der Waals surface area contributed by atoms with Gasteiger partial charge in [0.15, 0.2) is 0 Å². The van der Waals surface area contributed by atoms with Gasteiger partial charge in [-0.3, -0.25) is 9.59 Å². The Morgan fingerprint density at radius 1 is 1.20 bits per heavy atom. The standard InChI is InChI=1S/C10H19N3O2/c1-3-12-6-7-13-9(15)10(4-5-10)8(14)11-2/h12H,3-7H2,1-2H3,(H,11,14)(H,13,15). The Balaban J connectivity index is 2.31. The third-order valence-corrected chi connectivity index (χ3v) is 2.68. The molecule has 1 rings (SSSR count). The number of likely N-dealkylation sites (N-methyl/N-ethyl adjacent to an activating group) is 1. The number of hydrogen-bond donors (Lipinski definition) is 3. The van der Waals surface area contributed by atoms with Crippen LogP contribution in [0.4, 0.5) is 0 Å². The van der Waals surface area contributed by atoms with Crippen molar-refractivity contribution >= 4 is 11.8 Å². The van der Waals surface area contributed by atoms with Crippen molar-refractivity contribution < 1.29 is 9.59 Å². The Hall–Kier alpha value is -1.10. The minimum Gasteiger partial charge on any atom is -0.358 e. The van der Waals surface area contributed by atoms with Crippen molar-refractivity contribution in [2.75, 3.05) is 26.7 Å². The van der Waals surface area contributed by atoms with E-state index >= 15 is 0 Å². The number of amides is 2. The number of hydrogen-bond acceptors (Lipinski definition) is 3. The monoisotopic (exact) mass is 213 g/mol. The molecule has 0 aromatic carbocycles. The van der Waals surface area contributed by atoms with Crippen LogP contribution >= 0.6 is 0 Å². The second-order valence-corrected chi connectivity index (χ2v) is 3.77. The lowest BCUT2D eigenvalue weighted by molar-refractivity contribution is -0.136. The Morgan fingerprint density at radius 3 is 2.33 bits per heavy atom. The molecule has 0 aromatic rings. The van der Waals surface area contributed by atoms with E-state index in [9.17, 15) is 9.59 Å². The van der Waals surface area contributed by atoms with Gasteiger partial charge in [0.1, 0.15) is 5.41 Å². The lowest BCUT2D eigenvalue weighted by Gasteiger charge is -2.13. The van der Waals surface area contributed by atoms with Crippen molar-refractivity contribution in [3.8, 4) is 0 Å². The summed E-state index contributed by atoms with van der Waals surface area (Å²) in [4.78, 5) is 23.1. The predicted molar refractivity (Wildman–Crippen MR) is 57.3 cm³/mol. The molecule has 0 aromatic heterocycles. The average Bonchev–Trinajstić information content (AvgIpc) is 3.04. The molecule has 2 amide bonds. The van der Waals surface area contributed by atoms with Crippen LogP contribution in [0.2, 0.25) is 0 Å². The number of carbonyl (C=O) groups is 2. The highest BCUT2D eigenvalue weighted by Gasteiger charge is 2.55. The molecule has 1 saturated carbocycles. The van der Waals surface area contributed by atoms with Crippen LogP contribution in [0.15, 0.2) is 0 Å². The normalized spacial score (nSPS) is 16.9. The average molecular weight is 213 g/mol. The minimum absolute atomic E-state index is 0.139. The van der Waals surface area contributed by atoms with Gasteiger partial charge in [0.2, 0.25) is 11.8 Å². The van der Waals surface area contributed by atoms with E-state index in [0.717, 1.165) is 13.1 Å². The van der Waals surface area contributed by atoms with Gasteiger partial charge < -0.3 is 16.0 Å². The quantitative estimate of drug-likeness (QED) is 0.401. The van der Waals surface area contributed by atoms with Crippen LogP contribution in [0.25, 0.3) is 0 Å². The van der Waals surface area contributed by atoms with Gasteiger partial charge in [0.25, 0.3) is 0 Å². The highest BCUT2D eigenvalue weighted by atomic mass is 16.2. The zero-order valence-electron chi connectivity index (χ0n) is 9.35. The second-order valence-electron chi connectivity index (χ2n) is 3.77. The van der Waals surface area contributed by atoms with Crippen molar-refractivity contribution in [2.45, 2.75) is 19.8 Å². The minimum atomic E-state index is -0.763. The summed E-state index contributed by atoms with van der Waals surface area (Å²) in [5.74, 6) is -0.303. The molecular weight excluding hydrogens is 194 g/mol. The summed E-state index contributed by atoms with van der Waals surface area (Å²) in [5, 5.41) is 8.41. The van der Waals surface area contributed by atoms with Gasteiger partial charge >= 0.3 is 0 Å². The third-order valence-electron chi connectivity index (χ3n) is 2.68. The Bertz CT molecular complexity index is 249. The maximum atomic E-state index is 11.7. The first-order valence-electron chi connectivity index (χ1n) is 5.38. The topological polar surface area (TPSA) is 70.2 Å². The number of rotatable bonds is 6. The predicted octanol–water partition coefficient (Wildman–Crippen LogP) is -0.762. The van der Waals surface area contributed by atoms with Crippen LogP contribution in [0.3, 0.4) is 0 Å². The maximum absolute atomic E-state index is 11.7. The zero-order valence-corrected chi connectivity index (χ0v) is 9.35. The highest BCUT2D eigenvalue weighted by molar-refractivity contribution is 6.07. The van der Waals surface area contributed by atoms with Gasteiger partial charge in [0.05, 0.1) is 0 Å². The second kappa shape index (κ2) is 5.11. The molecule has 15 heavy (non-hydrogen) atoms. The van der Waals surface area contributed by atoms with Gasteiger partial charge in [-0.15, -0.1) is 0 Å². The van der Waals surface area contributed by atoms with Crippen molar-refractivity contribution in [3.05, 3.63) is 0 Å². The molecular formula is C10H19N3O2. The van der Waals surface area contributed by atoms with Crippen LogP contribution in [0.5, 0.6) is 0 Å². The van der Waals surface area contributed by atoms with Crippen LogP contribution < -0.4 is 16.0 Å². The molecule has 0 atom stereocenters. The molecule has 0 aliphatic heterocycles. The van der Waals surface area contributed by atoms with Crippen LogP contribution in [-0.2, 0) is 9.59 Å². The van der Waals surface area contributed by atoms with E-state index in [0.29, 0.717) is 19.4 Å². The van der Waals surface area contributed by atoms with Gasteiger partial charge in [-0.05, 0) is 19.4 Å². The molecule has 3 N–H and O–H groups in total. The van der Waals surface area contributed by atoms with E-state index in [4.69, 9.17) is 0 Å². The molecule has 1 aliphatic rings. The van der Waals surface area contributed by atoms with Crippen LogP contribution in [-0.4, -0.2) is 38.5 Å². The number of nitrogens with one attached hydrogen (secondary N) is 3. The fraction of sp³-hybridized carbons (Fsp3) is 0.800. The van der Waals surface area contributed by atoms with Gasteiger partial charge in [-0.1, -0.05) is 6.92 Å². The van der Waals surface area contributed by atoms with Gasteiger partial charge in [-0.25, -0.2) is 0 Å². The van der Waals surface area contributed by atoms with E-state index in [2.05, 4.69) is 16.0 Å². The fourth-order valence-corrected chi connectivity index (χ4v) is 1.53. The highest BCUT2D eigenvalue weighted by Crippen LogP contribution is 2.45. The third kappa shape index (κ3) is 2.68. The molecule has 0 unspecified atom stereocenters. The molecule has 1 aliphatic carbocycles. The molecule has 0 bridgehead atoms. The SMILES string of the molecule is CCNCCNC(=O)C1(C(=O)NC)CC1. The van der Waals surface area contributed by atoms with Crippen LogP contribution in [0.1, 0.15) is 19.8 Å². The summed E-state index contributed by atoms with van der Waals surface area (Å²) in [6, 6.07) is 0. The van der Waals surface area contributed by atoms with E-state index in [1.807, 2.05) is 6.92 Å². The molecule has 5 nitrogen and oxygen atoms in total. The van der Waals surface area contributed by atoms with E-state index in [1.54, 1.807) is 7.05 Å². The van der Waals surface area contributed by atoms with Crippen molar-refractivity contribution in [2.24, 2.45) is 5.41 Å². The summed E-state index contributed by atoms with van der Waals surface area (Å²) in [5.41, 5.74) is -0.763. The summed E-state index contributed by atoms with van der Waals surface area (Å²) in [7, 11) is 1.56. The van der Waals surface area contributed by atoms with Crippen molar-refractivity contribution in [1.29, 1.82) is 0 Å². The first-order chi connectivity index (χ1) is 7.17. The lowest BCUT2D eigenvalue weighted by Crippen LogP contribution is -2.43. The maximum Gasteiger partial charge on any atom is 0.235 e. The molecule has 0 saturated heterocycles. The Labute approximate surface area is 90.0 Å². The van der Waals surface area contributed by atoms with E-state index < -0.39 is 5.41 Å². The molecule has 0 radical (unpaired) electrons. The van der Waals surface area contributed by atoms with Crippen molar-refractivity contribution in [1.82, 2.24) is 16.0 Å². The summed E-state index contributed by atoms with van der Waals surface area (Å²) in [6.07, 6.45) is 1.33. The Kier molecular flexibility index (Phi) is 4.08. The fourth-order valence-electron chi connectivity index (χ4n) is 1.53. The molecule has 5 heteroatoms. The summed E-state index contributed by atoms with van der Waals surface area (Å²) in [6.45, 7) is 4.21. The van der Waals surface area contributed by atoms with Gasteiger partial charge in [-0.2, -0.15) is 0 Å². The van der Waals surface area contributed by atoms with Crippen molar-refractivity contribution in [3.63, 3.8) is 0 Å². The molecule has 0 heterocycles. The smallest absolute Gasteiger partial charge is 0.235 e. The molecule has 86 valence electrons. The number of carbonyl (C=O) groups excluding carboxylic acids is 2. The Morgan fingerprint density at radius 2 is 1.87 bits per heavy atom.